The number of benzene rings is 4. The number of hydrogen-bond donors (Lipinski definition) is 0. The third-order valence-electron chi connectivity index (χ3n) is 5.36. The van der Waals surface area contributed by atoms with Crippen molar-refractivity contribution in [2.24, 2.45) is 0 Å². The van der Waals surface area contributed by atoms with Gasteiger partial charge in [0.1, 0.15) is 0 Å². The summed E-state index contributed by atoms with van der Waals surface area (Å²) in [5.41, 5.74) is 0.839. The number of hydrogen-bond acceptors (Lipinski definition) is 2. The topological polar surface area (TPSA) is 34.1 Å². The third kappa shape index (κ3) is 3.46. The Morgan fingerprint density at radius 1 is 0.581 bits per heavy atom. The van der Waals surface area contributed by atoms with Crippen LogP contribution >= 0.6 is 7.14 Å². The molecule has 1 aromatic heterocycles. The van der Waals surface area contributed by atoms with E-state index >= 15 is 4.57 Å². The summed E-state index contributed by atoms with van der Waals surface area (Å²) in [5, 5.41) is 2.50. The van der Waals surface area contributed by atoms with Crippen LogP contribution in [0.2, 0.25) is 0 Å². The molecule has 4 heteroatoms. The van der Waals surface area contributed by atoms with Crippen LogP contribution in [-0.4, -0.2) is 14.5 Å². The van der Waals surface area contributed by atoms with Crippen molar-refractivity contribution < 1.29 is 4.57 Å². The van der Waals surface area contributed by atoms with Crippen molar-refractivity contribution in [2.75, 3.05) is 0 Å². The molecule has 0 aliphatic heterocycles. The van der Waals surface area contributed by atoms with E-state index in [-0.39, 0.29) is 19.9 Å². The number of fused-ring (bicyclic) bond motifs is 1. The van der Waals surface area contributed by atoms with E-state index in [0.29, 0.717) is 21.3 Å². The summed E-state index contributed by atoms with van der Waals surface area (Å²) in [7, 11) is -3.39. The zero-order valence-electron chi connectivity index (χ0n) is 16.6. The van der Waals surface area contributed by atoms with E-state index in [9.17, 15) is 4.79 Å². The van der Waals surface area contributed by atoms with Crippen molar-refractivity contribution in [3.05, 3.63) is 125 Å². The normalized spacial score (nSPS) is 11.5. The fourth-order valence-electron chi connectivity index (χ4n) is 3.89. The fraction of sp³-hybridized carbons (Fsp3) is 0. The Bertz CT molecular complexity index is 1420. The molecule has 0 saturated carbocycles. The average molecular weight is 485 g/mol. The van der Waals surface area contributed by atoms with E-state index in [1.807, 2.05) is 115 Å². The van der Waals surface area contributed by atoms with Gasteiger partial charge in [0, 0.05) is 0 Å². The van der Waals surface area contributed by atoms with Gasteiger partial charge < -0.3 is 0 Å². The first-order valence-corrected chi connectivity index (χ1v) is 13.4. The summed E-state index contributed by atoms with van der Waals surface area (Å²) in [6.07, 6.45) is 0. The Kier molecular flexibility index (Phi) is 5.34. The second-order valence-electron chi connectivity index (χ2n) is 7.25. The van der Waals surface area contributed by atoms with Gasteiger partial charge in [-0.15, -0.1) is 0 Å². The van der Waals surface area contributed by atoms with Crippen LogP contribution < -0.4 is 21.3 Å². The van der Waals surface area contributed by atoms with E-state index in [1.165, 1.54) is 0 Å². The molecular formula is C27H19O2PSe. The van der Waals surface area contributed by atoms with Gasteiger partial charge in [0.15, 0.2) is 0 Å². The van der Waals surface area contributed by atoms with Gasteiger partial charge in [-0.3, -0.25) is 0 Å². The molecule has 2 nitrogen and oxygen atoms in total. The van der Waals surface area contributed by atoms with Crippen molar-refractivity contribution in [2.45, 2.75) is 0 Å². The van der Waals surface area contributed by atoms with E-state index in [1.54, 1.807) is 0 Å². The molecule has 0 atom stereocenters. The molecule has 0 aliphatic carbocycles. The van der Waals surface area contributed by atoms with Crippen molar-refractivity contribution in [3.63, 3.8) is 0 Å². The van der Waals surface area contributed by atoms with E-state index in [4.69, 9.17) is 0 Å². The van der Waals surface area contributed by atoms with Gasteiger partial charge in [0.05, 0.1) is 0 Å². The summed E-state index contributed by atoms with van der Waals surface area (Å²) in [6.45, 7) is 0. The molecule has 0 radical (unpaired) electrons. The van der Waals surface area contributed by atoms with Crippen molar-refractivity contribution in [1.82, 2.24) is 0 Å². The van der Waals surface area contributed by atoms with Gasteiger partial charge in [0.25, 0.3) is 0 Å². The summed E-state index contributed by atoms with van der Waals surface area (Å²) in [4.78, 5) is 14.0. The Hall–Kier alpha value is -2.96. The predicted molar refractivity (Wildman–Crippen MR) is 132 cm³/mol. The monoisotopic (exact) mass is 486 g/mol. The second-order valence-corrected chi connectivity index (χ2v) is 12.2. The van der Waals surface area contributed by atoms with Crippen LogP contribution in [0.25, 0.3) is 19.6 Å². The zero-order valence-corrected chi connectivity index (χ0v) is 19.2. The average Bonchev–Trinajstić information content (AvgIpc) is 2.85. The van der Waals surface area contributed by atoms with Gasteiger partial charge in [-0.1, -0.05) is 0 Å². The third-order valence-corrected chi connectivity index (χ3v) is 11.4. The Morgan fingerprint density at radius 3 is 1.65 bits per heavy atom. The van der Waals surface area contributed by atoms with Crippen molar-refractivity contribution in [3.8, 4) is 10.0 Å². The van der Waals surface area contributed by atoms with Gasteiger partial charge in [0.2, 0.25) is 0 Å². The van der Waals surface area contributed by atoms with Crippen LogP contribution in [0.5, 0.6) is 0 Å². The van der Waals surface area contributed by atoms with Crippen molar-refractivity contribution >= 4 is 47.2 Å². The molecule has 0 bridgehead atoms. The fourth-order valence-corrected chi connectivity index (χ4v) is 10.0. The summed E-state index contributed by atoms with van der Waals surface area (Å²) in [6, 6.07) is 36.5. The molecule has 0 unspecified atom stereocenters. The molecule has 4 aromatic carbocycles. The Labute approximate surface area is 187 Å². The summed E-state index contributed by atoms with van der Waals surface area (Å²) in [5.74, 6) is 0. The molecule has 1 heterocycles. The van der Waals surface area contributed by atoms with Crippen LogP contribution in [0.1, 0.15) is 0 Å². The first-order valence-electron chi connectivity index (χ1n) is 10.0. The minimum absolute atomic E-state index is 0.126. The number of rotatable bonds is 4. The van der Waals surface area contributed by atoms with Crippen LogP contribution in [0.4, 0.5) is 0 Å². The van der Waals surface area contributed by atoms with Gasteiger partial charge in [-0.05, 0) is 0 Å². The van der Waals surface area contributed by atoms with Crippen LogP contribution in [0.3, 0.4) is 0 Å². The standard InChI is InChI=1S/C27H19O2PSe/c28-25-23-18-10-11-19-24(23)31-27(20-12-4-1-5-13-20)26(25)30(29,21-14-6-2-7-15-21)22-16-8-3-9-17-22/h1-19H. The van der Waals surface area contributed by atoms with Crippen LogP contribution in [0.15, 0.2) is 120 Å². The molecule has 5 aromatic rings. The minimum atomic E-state index is -3.39. The molecule has 0 aliphatic rings. The molecule has 0 amide bonds. The van der Waals surface area contributed by atoms with Crippen molar-refractivity contribution in [1.29, 1.82) is 0 Å². The van der Waals surface area contributed by atoms with Gasteiger partial charge in [-0.25, -0.2) is 0 Å². The first kappa shape index (κ1) is 20.0. The Balaban J connectivity index is 1.97. The van der Waals surface area contributed by atoms with Gasteiger partial charge in [-0.2, -0.15) is 0 Å². The first-order chi connectivity index (χ1) is 15.2. The van der Waals surface area contributed by atoms with Crippen LogP contribution in [-0.2, 0) is 4.57 Å². The van der Waals surface area contributed by atoms with E-state index in [2.05, 4.69) is 0 Å². The molecule has 31 heavy (non-hydrogen) atoms. The second kappa shape index (κ2) is 8.29. The molecular weight excluding hydrogens is 466 g/mol. The maximum atomic E-state index is 15.1. The predicted octanol–water partition coefficient (Wildman–Crippen LogP) is 4.56. The quantitative estimate of drug-likeness (QED) is 0.276. The maximum absolute atomic E-state index is 15.1. The molecule has 0 saturated heterocycles. The molecule has 0 fully saturated rings. The molecule has 150 valence electrons. The Morgan fingerprint density at radius 2 is 1.06 bits per heavy atom. The molecule has 0 spiro atoms. The SMILES string of the molecule is O=c1c(P(=O)(c2ccccc2)c2ccccc2)c(-c2ccccc2)[se]c2ccccc12. The van der Waals surface area contributed by atoms with E-state index < -0.39 is 7.14 Å². The zero-order chi connectivity index (χ0) is 21.3. The summed E-state index contributed by atoms with van der Waals surface area (Å²) >= 11 is -0.138. The van der Waals surface area contributed by atoms with Gasteiger partial charge >= 0.3 is 187 Å². The molecule has 0 N–H and O–H groups in total. The van der Waals surface area contributed by atoms with E-state index in [0.717, 1.165) is 14.3 Å². The molecule has 5 rings (SSSR count). The summed E-state index contributed by atoms with van der Waals surface area (Å²) < 4.78 is 17.1. The van der Waals surface area contributed by atoms with Crippen LogP contribution in [0, 0.1) is 0 Å².